The van der Waals surface area contributed by atoms with Gasteiger partial charge in [-0.2, -0.15) is 5.26 Å². The summed E-state index contributed by atoms with van der Waals surface area (Å²) in [5.41, 5.74) is -1.01. The zero-order valence-electron chi connectivity index (χ0n) is 9.61. The molecule has 5 nitrogen and oxygen atoms in total. The number of esters is 1. The highest BCUT2D eigenvalue weighted by atomic mass is 19.4. The standard InChI is InChI=1S/C11H8F3NO4/c1-18-10(17)9-7(4-15)2-6(5-16)3-8(9)19-11(12,13)14/h2-3,16H,5H2,1H3. The molecule has 0 spiro atoms. The lowest BCUT2D eigenvalue weighted by atomic mass is 10.0. The zero-order chi connectivity index (χ0) is 14.6. The van der Waals surface area contributed by atoms with Crippen LogP contribution in [-0.4, -0.2) is 24.5 Å². The van der Waals surface area contributed by atoms with Crippen LogP contribution in [0.5, 0.6) is 5.75 Å². The average Bonchev–Trinajstić information content (AvgIpc) is 2.34. The van der Waals surface area contributed by atoms with Crippen LogP contribution in [0, 0.1) is 11.3 Å². The Labute approximate surface area is 105 Å². The van der Waals surface area contributed by atoms with Crippen LogP contribution in [0.4, 0.5) is 13.2 Å². The van der Waals surface area contributed by atoms with Gasteiger partial charge in [-0.05, 0) is 17.7 Å². The SMILES string of the molecule is COC(=O)c1c(C#N)cc(CO)cc1OC(F)(F)F. The van der Waals surface area contributed by atoms with Gasteiger partial charge in [0.05, 0.1) is 19.3 Å². The smallest absolute Gasteiger partial charge is 0.465 e. The van der Waals surface area contributed by atoms with Crippen molar-refractivity contribution < 1.29 is 32.5 Å². The monoisotopic (exact) mass is 275 g/mol. The second-order valence-corrected chi connectivity index (χ2v) is 3.33. The first-order valence-electron chi connectivity index (χ1n) is 4.84. The molecular formula is C11H8F3NO4. The molecule has 0 aromatic heterocycles. The van der Waals surface area contributed by atoms with Gasteiger partial charge in [0.15, 0.2) is 0 Å². The fraction of sp³-hybridized carbons (Fsp3) is 0.273. The van der Waals surface area contributed by atoms with Gasteiger partial charge in [0, 0.05) is 0 Å². The molecule has 0 bridgehead atoms. The second-order valence-electron chi connectivity index (χ2n) is 3.33. The summed E-state index contributed by atoms with van der Waals surface area (Å²) < 4.78 is 44.7. The van der Waals surface area contributed by atoms with E-state index in [2.05, 4.69) is 9.47 Å². The van der Waals surface area contributed by atoms with Crippen LogP contribution in [-0.2, 0) is 11.3 Å². The Hall–Kier alpha value is -2.27. The first-order chi connectivity index (χ1) is 8.82. The molecule has 102 valence electrons. The van der Waals surface area contributed by atoms with Crippen molar-refractivity contribution in [2.75, 3.05) is 7.11 Å². The van der Waals surface area contributed by atoms with Crippen LogP contribution in [0.15, 0.2) is 12.1 Å². The van der Waals surface area contributed by atoms with Crippen molar-refractivity contribution in [3.05, 3.63) is 28.8 Å². The van der Waals surface area contributed by atoms with E-state index in [1.165, 1.54) is 0 Å². The Balaban J connectivity index is 3.47. The van der Waals surface area contributed by atoms with Crippen molar-refractivity contribution >= 4 is 5.97 Å². The van der Waals surface area contributed by atoms with Gasteiger partial charge >= 0.3 is 12.3 Å². The summed E-state index contributed by atoms with van der Waals surface area (Å²) in [5.74, 6) is -2.03. The molecule has 1 aromatic carbocycles. The van der Waals surface area contributed by atoms with Crippen LogP contribution in [0.1, 0.15) is 21.5 Å². The van der Waals surface area contributed by atoms with Gasteiger partial charge in [-0.25, -0.2) is 4.79 Å². The third-order valence-electron chi connectivity index (χ3n) is 2.08. The third-order valence-corrected chi connectivity index (χ3v) is 2.08. The Morgan fingerprint density at radius 1 is 1.47 bits per heavy atom. The summed E-state index contributed by atoms with van der Waals surface area (Å²) >= 11 is 0. The van der Waals surface area contributed by atoms with E-state index in [0.29, 0.717) is 0 Å². The molecule has 0 aliphatic rings. The number of methoxy groups -OCH3 is 1. The van der Waals surface area contributed by atoms with Crippen molar-refractivity contribution in [3.8, 4) is 11.8 Å². The van der Waals surface area contributed by atoms with E-state index in [9.17, 15) is 18.0 Å². The lowest BCUT2D eigenvalue weighted by Gasteiger charge is -2.14. The van der Waals surface area contributed by atoms with Gasteiger partial charge in [0.25, 0.3) is 0 Å². The van der Waals surface area contributed by atoms with E-state index >= 15 is 0 Å². The van der Waals surface area contributed by atoms with Crippen molar-refractivity contribution in [2.45, 2.75) is 13.0 Å². The molecule has 8 heteroatoms. The van der Waals surface area contributed by atoms with E-state index in [1.54, 1.807) is 6.07 Å². The van der Waals surface area contributed by atoms with Gasteiger partial charge in [-0.3, -0.25) is 0 Å². The molecule has 1 aromatic rings. The van der Waals surface area contributed by atoms with Crippen LogP contribution in [0.2, 0.25) is 0 Å². The first-order valence-corrected chi connectivity index (χ1v) is 4.84. The number of carbonyl (C=O) groups excluding carboxylic acids is 1. The van der Waals surface area contributed by atoms with E-state index in [4.69, 9.17) is 10.4 Å². The molecule has 0 aliphatic carbocycles. The number of halogens is 3. The minimum absolute atomic E-state index is 0.00320. The lowest BCUT2D eigenvalue weighted by molar-refractivity contribution is -0.274. The van der Waals surface area contributed by atoms with Crippen LogP contribution < -0.4 is 4.74 Å². The molecule has 1 N–H and O–H groups in total. The summed E-state index contributed by atoms with van der Waals surface area (Å²) in [7, 11) is 0.959. The van der Waals surface area contributed by atoms with E-state index in [-0.39, 0.29) is 11.1 Å². The average molecular weight is 275 g/mol. The number of nitrogens with zero attached hydrogens (tertiary/aromatic N) is 1. The zero-order valence-corrected chi connectivity index (χ0v) is 9.61. The molecule has 0 saturated carbocycles. The van der Waals surface area contributed by atoms with Crippen molar-refractivity contribution in [2.24, 2.45) is 0 Å². The van der Waals surface area contributed by atoms with E-state index in [1.807, 2.05) is 0 Å². The van der Waals surface area contributed by atoms with Gasteiger partial charge < -0.3 is 14.6 Å². The highest BCUT2D eigenvalue weighted by Crippen LogP contribution is 2.30. The van der Waals surface area contributed by atoms with E-state index < -0.39 is 30.3 Å². The summed E-state index contributed by atoms with van der Waals surface area (Å²) in [6.07, 6.45) is -5.04. The Bertz CT molecular complexity index is 534. The first kappa shape index (κ1) is 14.8. The molecule has 0 saturated heterocycles. The molecule has 0 fully saturated rings. The minimum atomic E-state index is -5.04. The quantitative estimate of drug-likeness (QED) is 0.850. The molecule has 0 aliphatic heterocycles. The normalized spacial score (nSPS) is 10.7. The number of alkyl halides is 3. The number of hydrogen-bond acceptors (Lipinski definition) is 5. The predicted octanol–water partition coefficient (Wildman–Crippen LogP) is 1.74. The predicted molar refractivity (Wildman–Crippen MR) is 55.1 cm³/mol. The molecule has 0 atom stereocenters. The highest BCUT2D eigenvalue weighted by Gasteiger charge is 2.34. The van der Waals surface area contributed by atoms with Gasteiger partial charge in [0.1, 0.15) is 17.4 Å². The summed E-state index contributed by atoms with van der Waals surface area (Å²) in [6, 6.07) is 3.45. The topological polar surface area (TPSA) is 79.6 Å². The number of aliphatic hydroxyl groups excluding tert-OH is 1. The van der Waals surface area contributed by atoms with Crippen LogP contribution in [0.25, 0.3) is 0 Å². The Morgan fingerprint density at radius 2 is 2.11 bits per heavy atom. The van der Waals surface area contributed by atoms with Crippen molar-refractivity contribution in [3.63, 3.8) is 0 Å². The number of benzene rings is 1. The van der Waals surface area contributed by atoms with Gasteiger partial charge in [0.2, 0.25) is 0 Å². The largest absolute Gasteiger partial charge is 0.573 e. The molecule has 0 amide bonds. The Morgan fingerprint density at radius 3 is 2.53 bits per heavy atom. The maximum absolute atomic E-state index is 12.2. The highest BCUT2D eigenvalue weighted by molar-refractivity contribution is 5.95. The number of carbonyl (C=O) groups is 1. The van der Waals surface area contributed by atoms with Gasteiger partial charge in [-0.1, -0.05) is 0 Å². The maximum atomic E-state index is 12.2. The molecule has 0 radical (unpaired) electrons. The lowest BCUT2D eigenvalue weighted by Crippen LogP contribution is -2.20. The van der Waals surface area contributed by atoms with Crippen molar-refractivity contribution in [1.82, 2.24) is 0 Å². The van der Waals surface area contributed by atoms with Crippen molar-refractivity contribution in [1.29, 1.82) is 5.26 Å². The number of ether oxygens (including phenoxy) is 2. The summed E-state index contributed by atoms with van der Waals surface area (Å²) in [4.78, 5) is 11.4. The van der Waals surface area contributed by atoms with E-state index in [0.717, 1.165) is 19.2 Å². The van der Waals surface area contributed by atoms with Crippen LogP contribution >= 0.6 is 0 Å². The molecule has 1 rings (SSSR count). The summed E-state index contributed by atoms with van der Waals surface area (Å²) in [6.45, 7) is -0.607. The fourth-order valence-corrected chi connectivity index (χ4v) is 1.37. The molecule has 19 heavy (non-hydrogen) atoms. The molecular weight excluding hydrogens is 267 g/mol. The second kappa shape index (κ2) is 5.58. The summed E-state index contributed by atoms with van der Waals surface area (Å²) in [5, 5.41) is 17.7. The maximum Gasteiger partial charge on any atom is 0.573 e. The number of nitriles is 1. The third kappa shape index (κ3) is 3.59. The Kier molecular flexibility index (Phi) is 4.34. The molecule has 0 unspecified atom stereocenters. The van der Waals surface area contributed by atoms with Gasteiger partial charge in [-0.15, -0.1) is 13.2 Å². The number of hydrogen-bond donors (Lipinski definition) is 1. The van der Waals surface area contributed by atoms with Crippen LogP contribution in [0.3, 0.4) is 0 Å². The minimum Gasteiger partial charge on any atom is -0.465 e. The number of aliphatic hydroxyl groups is 1. The molecule has 0 heterocycles. The fourth-order valence-electron chi connectivity index (χ4n) is 1.37. The number of rotatable bonds is 3.